The molecule has 1 saturated heterocycles. The van der Waals surface area contributed by atoms with Crippen molar-refractivity contribution in [3.05, 3.63) is 12.2 Å². The second kappa shape index (κ2) is 40.3. The number of aliphatic hydroxyl groups is 4. The molecule has 9 heteroatoms. The average Bonchev–Trinajstić information content (AvgIpc) is 3.21. The molecule has 9 nitrogen and oxygen atoms in total. The molecule has 338 valence electrons. The summed E-state index contributed by atoms with van der Waals surface area (Å²) in [5.41, 5.74) is 0. The van der Waals surface area contributed by atoms with E-state index >= 15 is 0 Å². The van der Waals surface area contributed by atoms with Gasteiger partial charge in [-0.05, 0) is 38.5 Å². The number of hydrogen-bond donors (Lipinski definition) is 4. The predicted octanol–water partition coefficient (Wildman–Crippen LogP) is 11.2. The molecule has 0 aromatic carbocycles. The molecule has 6 atom stereocenters. The van der Waals surface area contributed by atoms with Gasteiger partial charge >= 0.3 is 5.97 Å². The third-order valence-corrected chi connectivity index (χ3v) is 11.4. The van der Waals surface area contributed by atoms with Crippen LogP contribution in [0.25, 0.3) is 0 Å². The summed E-state index contributed by atoms with van der Waals surface area (Å²) in [6.07, 6.45) is 38.1. The molecule has 4 N–H and O–H groups in total. The minimum absolute atomic E-state index is 0.110. The SMILES string of the molecule is CCCCCC/C=C\CCCCCCCCOCC(COC1OC(CO)C(O)C(O)C1O)OC(=O)CCCCCCCCCCCCCCCCCCCCCC. The zero-order chi connectivity index (χ0) is 41.4. The fourth-order valence-corrected chi connectivity index (χ4v) is 7.61. The molecule has 0 saturated carbocycles. The summed E-state index contributed by atoms with van der Waals surface area (Å²) < 4.78 is 22.8. The van der Waals surface area contributed by atoms with E-state index in [2.05, 4.69) is 26.0 Å². The molecule has 6 unspecified atom stereocenters. The summed E-state index contributed by atoms with van der Waals surface area (Å²) in [7, 11) is 0. The number of rotatable bonds is 42. The molecule has 1 rings (SSSR count). The maximum absolute atomic E-state index is 12.8. The lowest BCUT2D eigenvalue weighted by Gasteiger charge is -2.39. The Kier molecular flexibility index (Phi) is 38.2. The highest BCUT2D eigenvalue weighted by Gasteiger charge is 2.44. The van der Waals surface area contributed by atoms with E-state index in [1.807, 2.05) is 0 Å². The molecule has 1 aliphatic rings. The van der Waals surface area contributed by atoms with Crippen LogP contribution in [0.2, 0.25) is 0 Å². The van der Waals surface area contributed by atoms with Crippen molar-refractivity contribution < 1.29 is 44.2 Å². The molecule has 0 aromatic rings. The lowest BCUT2D eigenvalue weighted by molar-refractivity contribution is -0.305. The minimum Gasteiger partial charge on any atom is -0.457 e. The van der Waals surface area contributed by atoms with Crippen molar-refractivity contribution in [2.24, 2.45) is 0 Å². The van der Waals surface area contributed by atoms with Crippen molar-refractivity contribution in [3.63, 3.8) is 0 Å². The average molecular weight is 813 g/mol. The van der Waals surface area contributed by atoms with Crippen LogP contribution in [-0.4, -0.2) is 89.6 Å². The Labute approximate surface area is 350 Å². The monoisotopic (exact) mass is 813 g/mol. The number of hydrogen-bond acceptors (Lipinski definition) is 9. The Morgan fingerprint density at radius 1 is 0.544 bits per heavy atom. The largest absolute Gasteiger partial charge is 0.457 e. The third kappa shape index (κ3) is 31.5. The van der Waals surface area contributed by atoms with Crippen LogP contribution in [0.5, 0.6) is 0 Å². The smallest absolute Gasteiger partial charge is 0.306 e. The number of carbonyl (C=O) groups excluding carboxylic acids is 1. The van der Waals surface area contributed by atoms with E-state index in [-0.39, 0.29) is 19.2 Å². The molecular weight excluding hydrogens is 721 g/mol. The van der Waals surface area contributed by atoms with E-state index in [0.717, 1.165) is 32.1 Å². The van der Waals surface area contributed by atoms with Gasteiger partial charge in [0.2, 0.25) is 0 Å². The van der Waals surface area contributed by atoms with Gasteiger partial charge in [0, 0.05) is 13.0 Å². The lowest BCUT2D eigenvalue weighted by Crippen LogP contribution is -2.59. The highest BCUT2D eigenvalue weighted by Crippen LogP contribution is 2.23. The number of esters is 1. The third-order valence-electron chi connectivity index (χ3n) is 11.4. The molecule has 0 amide bonds. The Morgan fingerprint density at radius 3 is 1.44 bits per heavy atom. The Hall–Kier alpha value is -1.07. The van der Waals surface area contributed by atoms with E-state index in [1.165, 1.54) is 173 Å². The first-order valence-electron chi connectivity index (χ1n) is 24.3. The molecule has 0 aromatic heterocycles. The van der Waals surface area contributed by atoms with Crippen molar-refractivity contribution in [3.8, 4) is 0 Å². The molecule has 0 spiro atoms. The zero-order valence-corrected chi connectivity index (χ0v) is 37.1. The molecule has 1 aliphatic heterocycles. The molecule has 0 radical (unpaired) electrons. The zero-order valence-electron chi connectivity index (χ0n) is 37.1. The maximum Gasteiger partial charge on any atom is 0.306 e. The Balaban J connectivity index is 2.20. The summed E-state index contributed by atoms with van der Waals surface area (Å²) in [6.45, 7) is 4.57. The first-order chi connectivity index (χ1) is 27.9. The van der Waals surface area contributed by atoms with Crippen LogP contribution in [0.15, 0.2) is 12.2 Å². The number of aliphatic hydroxyl groups excluding tert-OH is 4. The van der Waals surface area contributed by atoms with Crippen LogP contribution >= 0.6 is 0 Å². The van der Waals surface area contributed by atoms with Crippen LogP contribution < -0.4 is 0 Å². The van der Waals surface area contributed by atoms with Gasteiger partial charge in [0.15, 0.2) is 6.29 Å². The highest BCUT2D eigenvalue weighted by atomic mass is 16.7. The van der Waals surface area contributed by atoms with Crippen LogP contribution in [0.4, 0.5) is 0 Å². The van der Waals surface area contributed by atoms with Crippen molar-refractivity contribution in [2.75, 3.05) is 26.4 Å². The normalized spacial score (nSPS) is 20.4. The molecule has 0 bridgehead atoms. The lowest BCUT2D eigenvalue weighted by atomic mass is 9.99. The Bertz CT molecular complexity index is 884. The maximum atomic E-state index is 12.8. The predicted molar refractivity (Wildman–Crippen MR) is 233 cm³/mol. The number of unbranched alkanes of at least 4 members (excludes halogenated alkanes) is 29. The van der Waals surface area contributed by atoms with E-state index in [1.54, 1.807) is 0 Å². The van der Waals surface area contributed by atoms with Crippen LogP contribution in [0, 0.1) is 0 Å². The van der Waals surface area contributed by atoms with Crippen LogP contribution in [-0.2, 0) is 23.7 Å². The second-order valence-corrected chi connectivity index (χ2v) is 16.9. The summed E-state index contributed by atoms with van der Waals surface area (Å²) in [5.74, 6) is -0.310. The summed E-state index contributed by atoms with van der Waals surface area (Å²) in [6, 6.07) is 0. The first-order valence-corrected chi connectivity index (χ1v) is 24.3. The fraction of sp³-hybridized carbons (Fsp3) is 0.938. The van der Waals surface area contributed by atoms with Crippen molar-refractivity contribution in [1.82, 2.24) is 0 Å². The van der Waals surface area contributed by atoms with Crippen molar-refractivity contribution >= 4 is 5.97 Å². The van der Waals surface area contributed by atoms with Crippen LogP contribution in [0.1, 0.15) is 226 Å². The van der Waals surface area contributed by atoms with E-state index in [4.69, 9.17) is 18.9 Å². The molecule has 0 aliphatic carbocycles. The quantitative estimate of drug-likeness (QED) is 0.0270. The van der Waals surface area contributed by atoms with E-state index < -0.39 is 43.4 Å². The van der Waals surface area contributed by atoms with Gasteiger partial charge < -0.3 is 39.4 Å². The van der Waals surface area contributed by atoms with Crippen molar-refractivity contribution in [2.45, 2.75) is 263 Å². The van der Waals surface area contributed by atoms with Gasteiger partial charge in [0.25, 0.3) is 0 Å². The van der Waals surface area contributed by atoms with Gasteiger partial charge in [0.05, 0.1) is 19.8 Å². The van der Waals surface area contributed by atoms with Gasteiger partial charge in [-0.2, -0.15) is 0 Å². The van der Waals surface area contributed by atoms with E-state index in [9.17, 15) is 25.2 Å². The molecule has 57 heavy (non-hydrogen) atoms. The second-order valence-electron chi connectivity index (χ2n) is 16.9. The summed E-state index contributed by atoms with van der Waals surface area (Å²) in [4.78, 5) is 12.8. The van der Waals surface area contributed by atoms with Gasteiger partial charge in [-0.15, -0.1) is 0 Å². The Morgan fingerprint density at radius 2 is 0.965 bits per heavy atom. The standard InChI is InChI=1S/C48H92O9/c1-3-5-7-9-11-13-15-17-19-20-21-22-23-24-25-27-29-31-33-35-37-44(50)56-42(41-55-48-47(53)46(52)45(51)43(39-49)57-48)40-54-38-36-34-32-30-28-26-18-16-14-12-10-8-6-4-2/h14,16,42-43,45-49,51-53H,3-13,15,17-41H2,1-2H3/b16-14-. The highest BCUT2D eigenvalue weighted by molar-refractivity contribution is 5.69. The molecule has 1 heterocycles. The summed E-state index contributed by atoms with van der Waals surface area (Å²) in [5, 5.41) is 40.1. The van der Waals surface area contributed by atoms with E-state index in [0.29, 0.717) is 13.0 Å². The molecular formula is C48H92O9. The minimum atomic E-state index is -1.53. The van der Waals surface area contributed by atoms with Crippen LogP contribution in [0.3, 0.4) is 0 Å². The topological polar surface area (TPSA) is 135 Å². The summed E-state index contributed by atoms with van der Waals surface area (Å²) >= 11 is 0. The number of ether oxygens (including phenoxy) is 4. The molecule has 1 fully saturated rings. The number of allylic oxidation sites excluding steroid dienone is 2. The van der Waals surface area contributed by atoms with Gasteiger partial charge in [-0.3, -0.25) is 4.79 Å². The fourth-order valence-electron chi connectivity index (χ4n) is 7.61. The number of carbonyl (C=O) groups is 1. The van der Waals surface area contributed by atoms with Gasteiger partial charge in [0.1, 0.15) is 30.5 Å². The van der Waals surface area contributed by atoms with Gasteiger partial charge in [-0.1, -0.05) is 193 Å². The van der Waals surface area contributed by atoms with Gasteiger partial charge in [-0.25, -0.2) is 0 Å². The first kappa shape index (κ1) is 53.9. The van der Waals surface area contributed by atoms with Crippen molar-refractivity contribution in [1.29, 1.82) is 0 Å².